The van der Waals surface area contributed by atoms with E-state index in [0.29, 0.717) is 25.5 Å². The monoisotopic (exact) mass is 376 g/mol. The molecule has 9 heteroatoms. The number of hydrogen-bond acceptors (Lipinski definition) is 7. The number of sulfone groups is 1. The molecule has 0 unspecified atom stereocenters. The van der Waals surface area contributed by atoms with Gasteiger partial charge in [0.05, 0.1) is 23.8 Å². The predicted molar refractivity (Wildman–Crippen MR) is 93.2 cm³/mol. The Bertz CT molecular complexity index is 895. The van der Waals surface area contributed by atoms with E-state index in [1.54, 1.807) is 29.4 Å². The van der Waals surface area contributed by atoms with Crippen molar-refractivity contribution in [2.75, 3.05) is 24.6 Å². The minimum Gasteiger partial charge on any atom is -0.459 e. The zero-order valence-corrected chi connectivity index (χ0v) is 15.2. The van der Waals surface area contributed by atoms with E-state index >= 15 is 0 Å². The molecule has 2 aromatic heterocycles. The highest BCUT2D eigenvalue weighted by Crippen LogP contribution is 2.29. The van der Waals surface area contributed by atoms with Crippen LogP contribution in [0.4, 0.5) is 0 Å². The van der Waals surface area contributed by atoms with Crippen molar-refractivity contribution >= 4 is 15.7 Å². The molecule has 26 heavy (non-hydrogen) atoms. The maximum atomic E-state index is 12.7. The third kappa shape index (κ3) is 3.24. The maximum absolute atomic E-state index is 12.7. The van der Waals surface area contributed by atoms with Crippen molar-refractivity contribution in [3.8, 4) is 0 Å². The Morgan fingerprint density at radius 2 is 1.96 bits per heavy atom. The standard InChI is InChI=1S/C17H20N4O4S/c1-12-18-7-13(8-19-12)9-20-4-5-21(17(22)16-3-2-6-25-16)15-11-26(23,24)10-14(15)20/h2-3,6-8,14-15H,4-5,9-11H2,1H3/t14-,15+/m0/s1. The SMILES string of the molecule is Cc1ncc(CN2CCN(C(=O)c3ccco3)[C@@H]3CS(=O)(=O)C[C@@H]32)cn1. The van der Waals surface area contributed by atoms with Gasteiger partial charge in [-0.15, -0.1) is 0 Å². The molecule has 4 heterocycles. The van der Waals surface area contributed by atoms with Crippen LogP contribution in [0.15, 0.2) is 35.2 Å². The van der Waals surface area contributed by atoms with Crippen molar-refractivity contribution in [1.82, 2.24) is 19.8 Å². The van der Waals surface area contributed by atoms with Crippen LogP contribution in [0.25, 0.3) is 0 Å². The van der Waals surface area contributed by atoms with Crippen molar-refractivity contribution < 1.29 is 17.6 Å². The molecule has 0 saturated carbocycles. The molecule has 2 atom stereocenters. The first-order valence-corrected chi connectivity index (χ1v) is 10.3. The summed E-state index contributed by atoms with van der Waals surface area (Å²) in [7, 11) is -3.19. The average molecular weight is 376 g/mol. The topological polar surface area (TPSA) is 96.6 Å². The quantitative estimate of drug-likeness (QED) is 0.769. The van der Waals surface area contributed by atoms with Crippen LogP contribution in [-0.2, 0) is 16.4 Å². The third-order valence-corrected chi connectivity index (χ3v) is 6.70. The van der Waals surface area contributed by atoms with E-state index in [9.17, 15) is 13.2 Å². The first-order valence-electron chi connectivity index (χ1n) is 8.49. The Balaban J connectivity index is 1.57. The molecule has 0 radical (unpaired) electrons. The molecular formula is C17H20N4O4S. The molecule has 1 amide bonds. The Labute approximate surface area is 151 Å². The average Bonchev–Trinajstić information content (AvgIpc) is 3.23. The number of carbonyl (C=O) groups is 1. The first-order chi connectivity index (χ1) is 12.4. The molecule has 0 aromatic carbocycles. The number of carbonyl (C=O) groups excluding carboxylic acids is 1. The number of rotatable bonds is 3. The minimum atomic E-state index is -3.19. The van der Waals surface area contributed by atoms with Crippen molar-refractivity contribution in [3.05, 3.63) is 47.9 Å². The van der Waals surface area contributed by atoms with Gasteiger partial charge in [-0.25, -0.2) is 18.4 Å². The van der Waals surface area contributed by atoms with Crippen molar-refractivity contribution in [3.63, 3.8) is 0 Å². The van der Waals surface area contributed by atoms with Gasteiger partial charge in [0.25, 0.3) is 5.91 Å². The van der Waals surface area contributed by atoms with E-state index in [2.05, 4.69) is 14.9 Å². The zero-order chi connectivity index (χ0) is 18.3. The normalized spacial score (nSPS) is 25.2. The number of nitrogens with zero attached hydrogens (tertiary/aromatic N) is 4. The van der Waals surface area contributed by atoms with E-state index in [4.69, 9.17) is 4.42 Å². The van der Waals surface area contributed by atoms with Crippen molar-refractivity contribution in [2.24, 2.45) is 0 Å². The van der Waals surface area contributed by atoms with Gasteiger partial charge in [-0.2, -0.15) is 0 Å². The van der Waals surface area contributed by atoms with Crippen LogP contribution in [0.1, 0.15) is 21.9 Å². The Morgan fingerprint density at radius 3 is 2.65 bits per heavy atom. The molecule has 0 N–H and O–H groups in total. The van der Waals surface area contributed by atoms with Crippen LogP contribution in [0.3, 0.4) is 0 Å². The summed E-state index contributed by atoms with van der Waals surface area (Å²) in [5.41, 5.74) is 0.935. The van der Waals surface area contributed by atoms with Gasteiger partial charge in [0.2, 0.25) is 0 Å². The van der Waals surface area contributed by atoms with Crippen molar-refractivity contribution in [2.45, 2.75) is 25.6 Å². The van der Waals surface area contributed by atoms with E-state index in [0.717, 1.165) is 5.56 Å². The molecule has 2 fully saturated rings. The summed E-state index contributed by atoms with van der Waals surface area (Å²) in [5.74, 6) is 0.745. The second-order valence-electron chi connectivity index (χ2n) is 6.80. The fraction of sp³-hybridized carbons (Fsp3) is 0.471. The predicted octanol–water partition coefficient (Wildman–Crippen LogP) is 0.502. The van der Waals surface area contributed by atoms with Gasteiger partial charge in [-0.05, 0) is 19.1 Å². The lowest BCUT2D eigenvalue weighted by atomic mass is 10.0. The van der Waals surface area contributed by atoms with Gasteiger partial charge >= 0.3 is 0 Å². The zero-order valence-electron chi connectivity index (χ0n) is 14.4. The number of amides is 1. The largest absolute Gasteiger partial charge is 0.459 e. The molecule has 8 nitrogen and oxygen atoms in total. The van der Waals surface area contributed by atoms with Crippen molar-refractivity contribution in [1.29, 1.82) is 0 Å². The molecule has 0 spiro atoms. The van der Waals surface area contributed by atoms with E-state index in [1.165, 1.54) is 6.26 Å². The lowest BCUT2D eigenvalue weighted by molar-refractivity contribution is 0.0282. The van der Waals surface area contributed by atoms with Gasteiger partial charge in [0, 0.05) is 43.6 Å². The summed E-state index contributed by atoms with van der Waals surface area (Å²) < 4.78 is 29.8. The smallest absolute Gasteiger partial charge is 0.289 e. The molecule has 4 rings (SSSR count). The van der Waals surface area contributed by atoms with Crippen LogP contribution in [0.2, 0.25) is 0 Å². The fourth-order valence-corrected chi connectivity index (χ4v) is 5.76. The number of aromatic nitrogens is 2. The van der Waals surface area contributed by atoms with Gasteiger partial charge in [0.1, 0.15) is 5.82 Å². The Kier molecular flexibility index (Phi) is 4.28. The number of piperazine rings is 1. The molecule has 138 valence electrons. The molecular weight excluding hydrogens is 356 g/mol. The summed E-state index contributed by atoms with van der Waals surface area (Å²) in [5, 5.41) is 0. The fourth-order valence-electron chi connectivity index (χ4n) is 3.75. The van der Waals surface area contributed by atoms with E-state index < -0.39 is 9.84 Å². The van der Waals surface area contributed by atoms with Crippen LogP contribution in [0, 0.1) is 6.92 Å². The summed E-state index contributed by atoms with van der Waals surface area (Å²) in [6, 6.07) is 2.67. The molecule has 0 aliphatic carbocycles. The summed E-state index contributed by atoms with van der Waals surface area (Å²) in [6.45, 7) is 3.45. The summed E-state index contributed by atoms with van der Waals surface area (Å²) in [4.78, 5) is 24.9. The van der Waals surface area contributed by atoms with E-state index in [-0.39, 0.29) is 35.3 Å². The Hall–Kier alpha value is -2.26. The molecule has 2 saturated heterocycles. The highest BCUT2D eigenvalue weighted by Gasteiger charge is 2.48. The lowest BCUT2D eigenvalue weighted by Crippen LogP contribution is -2.60. The van der Waals surface area contributed by atoms with Crippen LogP contribution >= 0.6 is 0 Å². The molecule has 2 aliphatic rings. The second kappa shape index (κ2) is 6.48. The molecule has 2 aromatic rings. The highest BCUT2D eigenvalue weighted by molar-refractivity contribution is 7.91. The highest BCUT2D eigenvalue weighted by atomic mass is 32.2. The molecule has 2 aliphatic heterocycles. The Morgan fingerprint density at radius 1 is 1.23 bits per heavy atom. The minimum absolute atomic E-state index is 0.00892. The van der Waals surface area contributed by atoms with Gasteiger partial charge in [-0.1, -0.05) is 0 Å². The maximum Gasteiger partial charge on any atom is 0.289 e. The number of fused-ring (bicyclic) bond motifs is 1. The van der Waals surface area contributed by atoms with Crippen LogP contribution < -0.4 is 0 Å². The summed E-state index contributed by atoms with van der Waals surface area (Å²) >= 11 is 0. The number of furan rings is 1. The van der Waals surface area contributed by atoms with Crippen LogP contribution in [-0.4, -0.2) is 70.8 Å². The molecule has 0 bridgehead atoms. The van der Waals surface area contributed by atoms with Crippen LogP contribution in [0.5, 0.6) is 0 Å². The lowest BCUT2D eigenvalue weighted by Gasteiger charge is -2.43. The van der Waals surface area contributed by atoms with Gasteiger partial charge in [-0.3, -0.25) is 9.69 Å². The van der Waals surface area contributed by atoms with Gasteiger partial charge < -0.3 is 9.32 Å². The summed E-state index contributed by atoms with van der Waals surface area (Å²) in [6.07, 6.45) is 4.98. The van der Waals surface area contributed by atoms with E-state index in [1.807, 2.05) is 6.92 Å². The van der Waals surface area contributed by atoms with Gasteiger partial charge in [0.15, 0.2) is 15.6 Å². The second-order valence-corrected chi connectivity index (χ2v) is 8.95. The number of aryl methyl sites for hydroxylation is 1. The third-order valence-electron chi connectivity index (χ3n) is 5.00. The first kappa shape index (κ1) is 17.2. The number of hydrogen-bond donors (Lipinski definition) is 0.